The molecule has 2 atom stereocenters. The largest absolute Gasteiger partial charge is 0.488 e. The van der Waals surface area contributed by atoms with Crippen LogP contribution in [-0.4, -0.2) is 32.1 Å². The van der Waals surface area contributed by atoms with Crippen molar-refractivity contribution in [2.45, 2.75) is 32.4 Å². The van der Waals surface area contributed by atoms with Gasteiger partial charge in [0.1, 0.15) is 12.4 Å². The second-order valence-corrected chi connectivity index (χ2v) is 5.24. The average Bonchev–Trinajstić information content (AvgIpc) is 3.17. The Morgan fingerprint density at radius 3 is 2.77 bits per heavy atom. The number of benzene rings is 1. The van der Waals surface area contributed by atoms with Crippen LogP contribution in [0.15, 0.2) is 29.3 Å². The number of aliphatic imine (C=N–C) groups is 1. The Kier molecular flexibility index (Phi) is 7.84. The number of halogens is 3. The molecule has 7 heteroatoms. The molecule has 1 aliphatic rings. The minimum absolute atomic E-state index is 0. The molecule has 0 radical (unpaired) electrons. The predicted molar refractivity (Wildman–Crippen MR) is 94.3 cm³/mol. The molecular weight excluding hydrogens is 403 g/mol. The van der Waals surface area contributed by atoms with Crippen molar-refractivity contribution in [3.05, 3.63) is 29.8 Å². The van der Waals surface area contributed by atoms with E-state index >= 15 is 0 Å². The van der Waals surface area contributed by atoms with Gasteiger partial charge in [0.05, 0.1) is 0 Å². The molecule has 0 spiro atoms. The molecule has 0 bridgehead atoms. The summed E-state index contributed by atoms with van der Waals surface area (Å²) < 4.78 is 29.2. The van der Waals surface area contributed by atoms with Crippen LogP contribution in [0.1, 0.15) is 18.9 Å². The van der Waals surface area contributed by atoms with Gasteiger partial charge in [-0.25, -0.2) is 8.78 Å². The van der Waals surface area contributed by atoms with E-state index < -0.39 is 13.0 Å². The molecule has 1 aliphatic carbocycles. The third-order valence-electron chi connectivity index (χ3n) is 3.39. The highest BCUT2D eigenvalue weighted by atomic mass is 127. The van der Waals surface area contributed by atoms with E-state index in [1.165, 1.54) is 0 Å². The Hall–Kier alpha value is -1.12. The molecule has 2 N–H and O–H groups in total. The maximum atomic E-state index is 12.1. The maximum Gasteiger partial charge on any atom is 0.272 e. The molecule has 0 aromatic heterocycles. The summed E-state index contributed by atoms with van der Waals surface area (Å²) in [4.78, 5) is 4.16. The van der Waals surface area contributed by atoms with E-state index in [4.69, 9.17) is 4.74 Å². The number of nitrogens with zero attached hydrogens (tertiary/aromatic N) is 1. The van der Waals surface area contributed by atoms with Gasteiger partial charge in [0.25, 0.3) is 6.43 Å². The number of rotatable bonds is 6. The van der Waals surface area contributed by atoms with E-state index in [1.54, 1.807) is 25.2 Å². The quantitative estimate of drug-likeness (QED) is 0.419. The van der Waals surface area contributed by atoms with Crippen molar-refractivity contribution in [3.63, 3.8) is 0 Å². The van der Waals surface area contributed by atoms with Crippen LogP contribution in [0.2, 0.25) is 0 Å². The monoisotopic (exact) mass is 425 g/mol. The number of guanidine groups is 1. The average molecular weight is 425 g/mol. The Balaban J connectivity index is 0.00000242. The van der Waals surface area contributed by atoms with Crippen LogP contribution in [0.25, 0.3) is 0 Å². The topological polar surface area (TPSA) is 45.7 Å². The van der Waals surface area contributed by atoms with E-state index in [9.17, 15) is 8.78 Å². The van der Waals surface area contributed by atoms with Gasteiger partial charge in [0.2, 0.25) is 0 Å². The highest BCUT2D eigenvalue weighted by molar-refractivity contribution is 14.0. The molecule has 0 aliphatic heterocycles. The molecule has 1 saturated carbocycles. The van der Waals surface area contributed by atoms with Crippen LogP contribution in [-0.2, 0) is 6.54 Å². The molecule has 4 nitrogen and oxygen atoms in total. The molecule has 2 unspecified atom stereocenters. The number of nitrogens with one attached hydrogen (secondary N) is 2. The summed E-state index contributed by atoms with van der Waals surface area (Å²) in [6, 6.07) is 7.62. The van der Waals surface area contributed by atoms with E-state index in [1.807, 2.05) is 6.07 Å². The van der Waals surface area contributed by atoms with Crippen molar-refractivity contribution in [2.75, 3.05) is 13.7 Å². The van der Waals surface area contributed by atoms with Gasteiger partial charge in [-0.3, -0.25) is 4.99 Å². The molecule has 1 aromatic rings. The molecular formula is C15H22F2IN3O. The van der Waals surface area contributed by atoms with Gasteiger partial charge in [-0.1, -0.05) is 19.1 Å². The zero-order valence-electron chi connectivity index (χ0n) is 12.7. The van der Waals surface area contributed by atoms with Crippen LogP contribution >= 0.6 is 24.0 Å². The van der Waals surface area contributed by atoms with Crippen molar-refractivity contribution >= 4 is 29.9 Å². The predicted octanol–water partition coefficient (Wildman–Crippen LogP) is 3.02. The minimum Gasteiger partial charge on any atom is -0.488 e. The lowest BCUT2D eigenvalue weighted by molar-refractivity contribution is 0.0818. The van der Waals surface area contributed by atoms with Gasteiger partial charge in [-0.2, -0.15) is 0 Å². The molecule has 0 saturated heterocycles. The number of hydrogen-bond donors (Lipinski definition) is 2. The van der Waals surface area contributed by atoms with Crippen LogP contribution in [0.5, 0.6) is 5.75 Å². The standard InChI is InChI=1S/C15H21F2N3O.HI/c1-10-6-13(10)20-15(18-2)19-8-11-4-3-5-12(7-11)21-9-14(16)17;/h3-5,7,10,13-14H,6,8-9H2,1-2H3,(H2,18,19,20);1H. The van der Waals surface area contributed by atoms with Crippen molar-refractivity contribution in [3.8, 4) is 5.75 Å². The summed E-state index contributed by atoms with van der Waals surface area (Å²) in [6.07, 6.45) is -1.30. The van der Waals surface area contributed by atoms with Crippen LogP contribution in [0, 0.1) is 5.92 Å². The number of hydrogen-bond acceptors (Lipinski definition) is 2. The Morgan fingerprint density at radius 1 is 1.45 bits per heavy atom. The Labute approximate surface area is 146 Å². The summed E-state index contributed by atoms with van der Waals surface area (Å²) in [7, 11) is 1.73. The molecule has 0 heterocycles. The maximum absolute atomic E-state index is 12.1. The van der Waals surface area contributed by atoms with Crippen LogP contribution in [0.4, 0.5) is 8.78 Å². The lowest BCUT2D eigenvalue weighted by Gasteiger charge is -2.12. The summed E-state index contributed by atoms with van der Waals surface area (Å²) >= 11 is 0. The summed E-state index contributed by atoms with van der Waals surface area (Å²) in [6.45, 7) is 2.17. The van der Waals surface area contributed by atoms with E-state index in [-0.39, 0.29) is 24.0 Å². The fourth-order valence-corrected chi connectivity index (χ4v) is 1.98. The van der Waals surface area contributed by atoms with Crippen molar-refractivity contribution < 1.29 is 13.5 Å². The smallest absolute Gasteiger partial charge is 0.272 e. The Bertz CT molecular complexity index is 499. The normalized spacial score (nSPS) is 20.3. The molecule has 124 valence electrons. The molecule has 22 heavy (non-hydrogen) atoms. The highest BCUT2D eigenvalue weighted by Crippen LogP contribution is 2.28. The first kappa shape index (κ1) is 18.9. The second kappa shape index (κ2) is 9.12. The summed E-state index contributed by atoms with van der Waals surface area (Å²) in [5, 5.41) is 6.53. The van der Waals surface area contributed by atoms with E-state index in [0.29, 0.717) is 24.3 Å². The first-order valence-electron chi connectivity index (χ1n) is 7.05. The highest BCUT2D eigenvalue weighted by Gasteiger charge is 2.33. The molecule has 1 fully saturated rings. The van der Waals surface area contributed by atoms with Crippen LogP contribution < -0.4 is 15.4 Å². The lowest BCUT2D eigenvalue weighted by atomic mass is 10.2. The summed E-state index contributed by atoms with van der Waals surface area (Å²) in [5.74, 6) is 1.89. The third kappa shape index (κ3) is 6.33. The number of ether oxygens (including phenoxy) is 1. The van der Waals surface area contributed by atoms with E-state index in [2.05, 4.69) is 22.5 Å². The minimum atomic E-state index is -2.46. The van der Waals surface area contributed by atoms with Gasteiger partial charge in [0.15, 0.2) is 5.96 Å². The first-order valence-corrected chi connectivity index (χ1v) is 7.05. The van der Waals surface area contributed by atoms with Gasteiger partial charge in [0, 0.05) is 19.6 Å². The first-order chi connectivity index (χ1) is 10.1. The third-order valence-corrected chi connectivity index (χ3v) is 3.39. The fourth-order valence-electron chi connectivity index (χ4n) is 1.98. The van der Waals surface area contributed by atoms with Crippen molar-refractivity contribution in [1.82, 2.24) is 10.6 Å². The fraction of sp³-hybridized carbons (Fsp3) is 0.533. The van der Waals surface area contributed by atoms with Crippen molar-refractivity contribution in [1.29, 1.82) is 0 Å². The second-order valence-electron chi connectivity index (χ2n) is 5.24. The SMILES string of the molecule is CN=C(NCc1cccc(OCC(F)F)c1)NC1CC1C.I. The lowest BCUT2D eigenvalue weighted by Crippen LogP contribution is -2.38. The van der Waals surface area contributed by atoms with Gasteiger partial charge in [-0.05, 0) is 30.0 Å². The van der Waals surface area contributed by atoms with Crippen molar-refractivity contribution in [2.24, 2.45) is 10.9 Å². The van der Waals surface area contributed by atoms with Gasteiger partial charge in [-0.15, -0.1) is 24.0 Å². The molecule has 0 amide bonds. The molecule has 1 aromatic carbocycles. The summed E-state index contributed by atoms with van der Waals surface area (Å²) in [5.41, 5.74) is 0.952. The van der Waals surface area contributed by atoms with Gasteiger partial charge >= 0.3 is 0 Å². The zero-order chi connectivity index (χ0) is 15.2. The number of alkyl halides is 2. The van der Waals surface area contributed by atoms with E-state index in [0.717, 1.165) is 17.9 Å². The van der Waals surface area contributed by atoms with Crippen LogP contribution in [0.3, 0.4) is 0 Å². The Morgan fingerprint density at radius 2 is 2.18 bits per heavy atom. The van der Waals surface area contributed by atoms with Gasteiger partial charge < -0.3 is 15.4 Å². The zero-order valence-corrected chi connectivity index (χ0v) is 15.0. The molecule has 2 rings (SSSR count).